The number of nitrogens with zero attached hydrogens (tertiary/aromatic N) is 1. The highest BCUT2D eigenvalue weighted by Gasteiger charge is 2.53. The van der Waals surface area contributed by atoms with E-state index in [0.717, 1.165) is 18.5 Å². The number of hydrogen-bond acceptors (Lipinski definition) is 2. The molecule has 2 bridgehead atoms. The zero-order valence-electron chi connectivity index (χ0n) is 11.6. The van der Waals surface area contributed by atoms with Gasteiger partial charge in [-0.05, 0) is 36.3 Å². The van der Waals surface area contributed by atoms with E-state index in [4.69, 9.17) is 0 Å². The lowest BCUT2D eigenvalue weighted by molar-refractivity contribution is -0.147. The van der Waals surface area contributed by atoms with Gasteiger partial charge in [-0.3, -0.25) is 9.59 Å². The van der Waals surface area contributed by atoms with Crippen LogP contribution in [0.3, 0.4) is 0 Å². The fourth-order valence-corrected chi connectivity index (χ4v) is 4.24. The van der Waals surface area contributed by atoms with Crippen LogP contribution in [-0.4, -0.2) is 23.5 Å². The van der Waals surface area contributed by atoms with Crippen molar-refractivity contribution >= 4 is 17.6 Å². The summed E-state index contributed by atoms with van der Waals surface area (Å²) in [6.07, 6.45) is 5.68. The minimum Gasteiger partial charge on any atom is -0.481 e. The molecule has 0 spiro atoms. The molecule has 108 valence electrons. The van der Waals surface area contributed by atoms with Gasteiger partial charge in [-0.25, -0.2) is 0 Å². The average molecular weight is 283 g/mol. The third-order valence-corrected chi connectivity index (χ3v) is 5.18. The van der Waals surface area contributed by atoms with Gasteiger partial charge in [0.15, 0.2) is 0 Å². The van der Waals surface area contributed by atoms with Gasteiger partial charge in [0, 0.05) is 12.2 Å². The molecular formula is C17H17NO3. The van der Waals surface area contributed by atoms with Crippen molar-refractivity contribution in [1.82, 2.24) is 0 Å². The summed E-state index contributed by atoms with van der Waals surface area (Å²) in [4.78, 5) is 26.3. The number of allylic oxidation sites excluding steroid dienone is 2. The summed E-state index contributed by atoms with van der Waals surface area (Å²) in [5, 5.41) is 9.49. The fraction of sp³-hybridized carbons (Fsp3) is 0.412. The minimum absolute atomic E-state index is 0.01000. The second-order valence-electron chi connectivity index (χ2n) is 6.21. The summed E-state index contributed by atoms with van der Waals surface area (Å²) < 4.78 is 0. The van der Waals surface area contributed by atoms with Crippen LogP contribution in [0.2, 0.25) is 0 Å². The minimum atomic E-state index is -0.835. The Morgan fingerprint density at radius 1 is 1.10 bits per heavy atom. The fourth-order valence-electron chi connectivity index (χ4n) is 4.24. The van der Waals surface area contributed by atoms with Crippen LogP contribution < -0.4 is 4.90 Å². The number of carboxylic acids is 1. The molecule has 0 radical (unpaired) electrons. The van der Waals surface area contributed by atoms with Crippen molar-refractivity contribution in [2.75, 3.05) is 11.4 Å². The normalized spacial score (nSPS) is 32.5. The number of benzene rings is 1. The van der Waals surface area contributed by atoms with Gasteiger partial charge in [0.05, 0.1) is 11.8 Å². The third kappa shape index (κ3) is 1.75. The maximum absolute atomic E-state index is 12.9. The molecule has 2 aliphatic carbocycles. The third-order valence-electron chi connectivity index (χ3n) is 5.18. The van der Waals surface area contributed by atoms with E-state index in [0.29, 0.717) is 6.54 Å². The van der Waals surface area contributed by atoms with E-state index in [1.807, 2.05) is 36.4 Å². The standard InChI is InChI=1S/C17H17NO3/c19-16(18-8-7-10-3-1-2-4-13(10)18)14-11-5-6-12(9-11)15(14)17(20)21/h1-6,11-12,14-15H,7-9H2,(H,20,21)/t11-,12-,14+,15+/m1/s1. The molecular weight excluding hydrogens is 266 g/mol. The molecule has 1 saturated carbocycles. The first kappa shape index (κ1) is 12.6. The molecule has 4 atom stereocenters. The van der Waals surface area contributed by atoms with Gasteiger partial charge in [0.1, 0.15) is 0 Å². The summed E-state index contributed by atoms with van der Waals surface area (Å²) in [5.74, 6) is -1.68. The number of hydrogen-bond donors (Lipinski definition) is 1. The zero-order valence-corrected chi connectivity index (χ0v) is 11.6. The Kier molecular flexibility index (Phi) is 2.67. The predicted molar refractivity (Wildman–Crippen MR) is 77.9 cm³/mol. The molecule has 1 amide bonds. The molecule has 0 saturated heterocycles. The van der Waals surface area contributed by atoms with Gasteiger partial charge in [-0.15, -0.1) is 0 Å². The smallest absolute Gasteiger partial charge is 0.307 e. The number of carbonyl (C=O) groups excluding carboxylic acids is 1. The van der Waals surface area contributed by atoms with Crippen molar-refractivity contribution in [2.45, 2.75) is 12.8 Å². The number of aliphatic carboxylic acids is 1. The molecule has 1 N–H and O–H groups in total. The molecule has 0 unspecified atom stereocenters. The Balaban J connectivity index is 1.67. The van der Waals surface area contributed by atoms with Crippen LogP contribution in [0.5, 0.6) is 0 Å². The number of amides is 1. The van der Waals surface area contributed by atoms with Crippen molar-refractivity contribution in [3.8, 4) is 0 Å². The second-order valence-corrected chi connectivity index (χ2v) is 6.21. The molecule has 1 aromatic carbocycles. The van der Waals surface area contributed by atoms with Gasteiger partial charge < -0.3 is 10.0 Å². The van der Waals surface area contributed by atoms with Gasteiger partial charge in [-0.1, -0.05) is 30.4 Å². The van der Waals surface area contributed by atoms with Crippen LogP contribution in [0.1, 0.15) is 12.0 Å². The number of fused-ring (bicyclic) bond motifs is 3. The van der Waals surface area contributed by atoms with Crippen LogP contribution in [0, 0.1) is 23.7 Å². The molecule has 1 aromatic rings. The first-order valence-electron chi connectivity index (χ1n) is 7.47. The lowest BCUT2D eigenvalue weighted by Crippen LogP contribution is -2.42. The van der Waals surface area contributed by atoms with E-state index in [1.54, 1.807) is 4.90 Å². The highest BCUT2D eigenvalue weighted by Crippen LogP contribution is 2.49. The van der Waals surface area contributed by atoms with E-state index in [9.17, 15) is 14.7 Å². The molecule has 1 aliphatic heterocycles. The predicted octanol–water partition coefficient (Wildman–Crippen LogP) is 2.10. The van der Waals surface area contributed by atoms with Crippen LogP contribution >= 0.6 is 0 Å². The van der Waals surface area contributed by atoms with Crippen LogP contribution in [-0.2, 0) is 16.0 Å². The highest BCUT2D eigenvalue weighted by molar-refractivity contribution is 5.99. The molecule has 4 heteroatoms. The zero-order chi connectivity index (χ0) is 14.6. The quantitative estimate of drug-likeness (QED) is 0.846. The van der Waals surface area contributed by atoms with Crippen LogP contribution in [0.25, 0.3) is 0 Å². The second kappa shape index (κ2) is 4.45. The summed E-state index contributed by atoms with van der Waals surface area (Å²) in [6.45, 7) is 0.669. The lowest BCUT2D eigenvalue weighted by atomic mass is 9.82. The number of carbonyl (C=O) groups is 2. The number of rotatable bonds is 2. The van der Waals surface area contributed by atoms with E-state index in [1.165, 1.54) is 5.56 Å². The van der Waals surface area contributed by atoms with Gasteiger partial charge in [0.2, 0.25) is 5.91 Å². The van der Waals surface area contributed by atoms with Crippen molar-refractivity contribution in [1.29, 1.82) is 0 Å². The van der Waals surface area contributed by atoms with Crippen molar-refractivity contribution < 1.29 is 14.7 Å². The molecule has 1 fully saturated rings. The largest absolute Gasteiger partial charge is 0.481 e. The van der Waals surface area contributed by atoms with Gasteiger partial charge >= 0.3 is 5.97 Å². The maximum Gasteiger partial charge on any atom is 0.307 e. The van der Waals surface area contributed by atoms with Crippen LogP contribution in [0.15, 0.2) is 36.4 Å². The SMILES string of the molecule is O=C(O)[C@@H]1[C@@H](C(=O)N2CCc3ccccc32)[C@@H]2C=C[C@@H]1C2. The van der Waals surface area contributed by atoms with E-state index < -0.39 is 17.8 Å². The van der Waals surface area contributed by atoms with Gasteiger partial charge in [-0.2, -0.15) is 0 Å². The first-order valence-corrected chi connectivity index (χ1v) is 7.47. The van der Waals surface area contributed by atoms with Crippen molar-refractivity contribution in [2.24, 2.45) is 23.7 Å². The summed E-state index contributed by atoms with van der Waals surface area (Å²) in [5.41, 5.74) is 2.13. The van der Waals surface area contributed by atoms with E-state index in [-0.39, 0.29) is 17.7 Å². The van der Waals surface area contributed by atoms with Crippen LogP contribution in [0.4, 0.5) is 5.69 Å². The van der Waals surface area contributed by atoms with Crippen molar-refractivity contribution in [3.05, 3.63) is 42.0 Å². The Morgan fingerprint density at radius 2 is 1.81 bits per heavy atom. The summed E-state index contributed by atoms with van der Waals surface area (Å²) >= 11 is 0. The monoisotopic (exact) mass is 283 g/mol. The van der Waals surface area contributed by atoms with E-state index >= 15 is 0 Å². The topological polar surface area (TPSA) is 57.6 Å². The molecule has 4 rings (SSSR count). The maximum atomic E-state index is 12.9. The molecule has 0 aromatic heterocycles. The summed E-state index contributed by atoms with van der Waals surface area (Å²) in [6, 6.07) is 7.91. The molecule has 21 heavy (non-hydrogen) atoms. The van der Waals surface area contributed by atoms with Gasteiger partial charge in [0.25, 0.3) is 0 Å². The van der Waals surface area contributed by atoms with Crippen molar-refractivity contribution in [3.63, 3.8) is 0 Å². The Labute approximate surface area is 123 Å². The number of carboxylic acid groups (broad SMARTS) is 1. The highest BCUT2D eigenvalue weighted by atomic mass is 16.4. The molecule has 3 aliphatic rings. The van der Waals surface area contributed by atoms with E-state index in [2.05, 4.69) is 0 Å². The Morgan fingerprint density at radius 3 is 2.57 bits per heavy atom. The summed E-state index contributed by atoms with van der Waals surface area (Å²) in [7, 11) is 0. The Bertz CT molecular complexity index is 651. The Hall–Kier alpha value is -2.10. The number of para-hydroxylation sites is 1. The lowest BCUT2D eigenvalue weighted by Gasteiger charge is -2.28. The molecule has 1 heterocycles. The average Bonchev–Trinajstić information content (AvgIpc) is 3.19. The first-order chi connectivity index (χ1) is 10.2. The number of anilines is 1. The molecule has 4 nitrogen and oxygen atoms in total.